The van der Waals surface area contributed by atoms with E-state index >= 15 is 0 Å². The molecule has 0 spiro atoms. The number of nitrogens with two attached hydrogens (primary N) is 1. The lowest BCUT2D eigenvalue weighted by Gasteiger charge is -2.33. The number of para-hydroxylation sites is 1. The molecule has 3 nitrogen and oxygen atoms in total. The first-order valence-corrected chi connectivity index (χ1v) is 5.80. The van der Waals surface area contributed by atoms with Crippen molar-refractivity contribution in [2.45, 2.75) is 19.4 Å². The van der Waals surface area contributed by atoms with E-state index in [1.807, 2.05) is 19.9 Å². The van der Waals surface area contributed by atoms with Crippen LogP contribution in [0.15, 0.2) is 24.3 Å². The topological polar surface area (TPSA) is 38.5 Å². The monoisotopic (exact) mass is 220 g/mol. The molecule has 1 aliphatic heterocycles. The molecule has 0 bridgehead atoms. The number of hydrogen-bond acceptors (Lipinski definition) is 3. The van der Waals surface area contributed by atoms with E-state index in [1.165, 1.54) is 11.3 Å². The van der Waals surface area contributed by atoms with Crippen molar-refractivity contribution >= 4 is 5.69 Å². The van der Waals surface area contributed by atoms with Crippen molar-refractivity contribution in [2.75, 3.05) is 31.2 Å². The number of ether oxygens (including phenoxy) is 1. The molecule has 88 valence electrons. The van der Waals surface area contributed by atoms with Gasteiger partial charge in [0.1, 0.15) is 0 Å². The van der Waals surface area contributed by atoms with E-state index in [0.29, 0.717) is 0 Å². The fourth-order valence-electron chi connectivity index (χ4n) is 2.10. The summed E-state index contributed by atoms with van der Waals surface area (Å²) in [5, 5.41) is 0. The van der Waals surface area contributed by atoms with Gasteiger partial charge in [-0.3, -0.25) is 0 Å². The summed E-state index contributed by atoms with van der Waals surface area (Å²) in [4.78, 5) is 2.35. The lowest BCUT2D eigenvalue weighted by Crippen LogP contribution is -2.39. The van der Waals surface area contributed by atoms with E-state index in [0.717, 1.165) is 26.3 Å². The standard InChI is InChI=1S/C13H20N2O/c1-13(2,14)11-5-3-4-6-12(11)15-7-9-16-10-8-15/h3-6H,7-10,14H2,1-2H3. The first-order chi connectivity index (χ1) is 7.59. The minimum Gasteiger partial charge on any atom is -0.378 e. The van der Waals surface area contributed by atoms with E-state index in [9.17, 15) is 0 Å². The number of nitrogens with zero attached hydrogens (tertiary/aromatic N) is 1. The van der Waals surface area contributed by atoms with Crippen LogP contribution < -0.4 is 10.6 Å². The maximum absolute atomic E-state index is 6.21. The zero-order valence-electron chi connectivity index (χ0n) is 10.1. The maximum atomic E-state index is 6.21. The van der Waals surface area contributed by atoms with Gasteiger partial charge < -0.3 is 15.4 Å². The molecule has 0 saturated carbocycles. The van der Waals surface area contributed by atoms with Gasteiger partial charge in [0.25, 0.3) is 0 Å². The zero-order valence-corrected chi connectivity index (χ0v) is 10.1. The van der Waals surface area contributed by atoms with Crippen LogP contribution in [0.3, 0.4) is 0 Å². The van der Waals surface area contributed by atoms with Crippen molar-refractivity contribution in [3.05, 3.63) is 29.8 Å². The van der Waals surface area contributed by atoms with Gasteiger partial charge in [0.2, 0.25) is 0 Å². The Balaban J connectivity index is 2.32. The van der Waals surface area contributed by atoms with Gasteiger partial charge in [-0.25, -0.2) is 0 Å². The van der Waals surface area contributed by atoms with Gasteiger partial charge in [0.15, 0.2) is 0 Å². The molecular formula is C13H20N2O. The molecule has 0 atom stereocenters. The smallest absolute Gasteiger partial charge is 0.0642 e. The summed E-state index contributed by atoms with van der Waals surface area (Å²) in [5.41, 5.74) is 8.36. The summed E-state index contributed by atoms with van der Waals surface area (Å²) in [6, 6.07) is 8.38. The highest BCUT2D eigenvalue weighted by Gasteiger charge is 2.22. The fourth-order valence-corrected chi connectivity index (χ4v) is 2.10. The third-order valence-corrected chi connectivity index (χ3v) is 2.95. The fraction of sp³-hybridized carbons (Fsp3) is 0.538. The van der Waals surface area contributed by atoms with Gasteiger partial charge >= 0.3 is 0 Å². The molecule has 1 heterocycles. The van der Waals surface area contributed by atoms with Gasteiger partial charge in [-0.2, -0.15) is 0 Å². The number of hydrogen-bond donors (Lipinski definition) is 1. The van der Waals surface area contributed by atoms with Crippen LogP contribution in [0.2, 0.25) is 0 Å². The Morgan fingerprint density at radius 2 is 1.81 bits per heavy atom. The average molecular weight is 220 g/mol. The lowest BCUT2D eigenvalue weighted by molar-refractivity contribution is 0.122. The molecule has 2 rings (SSSR count). The van der Waals surface area contributed by atoms with Crippen molar-refractivity contribution < 1.29 is 4.74 Å². The van der Waals surface area contributed by atoms with Crippen LogP contribution in [0, 0.1) is 0 Å². The largest absolute Gasteiger partial charge is 0.378 e. The summed E-state index contributed by atoms with van der Waals surface area (Å²) in [5.74, 6) is 0. The van der Waals surface area contributed by atoms with Gasteiger partial charge in [0.05, 0.1) is 13.2 Å². The molecule has 0 unspecified atom stereocenters. The molecule has 1 aromatic rings. The zero-order chi connectivity index (χ0) is 11.6. The molecule has 0 amide bonds. The predicted octanol–water partition coefficient (Wildman–Crippen LogP) is 1.72. The summed E-state index contributed by atoms with van der Waals surface area (Å²) in [6.45, 7) is 7.61. The Morgan fingerprint density at radius 3 is 2.44 bits per heavy atom. The normalized spacial score (nSPS) is 17.6. The summed E-state index contributed by atoms with van der Waals surface area (Å²) >= 11 is 0. The molecular weight excluding hydrogens is 200 g/mol. The quantitative estimate of drug-likeness (QED) is 0.824. The minimum atomic E-state index is -0.297. The van der Waals surface area contributed by atoms with E-state index in [1.54, 1.807) is 0 Å². The molecule has 1 fully saturated rings. The van der Waals surface area contributed by atoms with Crippen molar-refractivity contribution in [1.82, 2.24) is 0 Å². The van der Waals surface area contributed by atoms with Crippen LogP contribution in [0.1, 0.15) is 19.4 Å². The van der Waals surface area contributed by atoms with Gasteiger partial charge in [-0.1, -0.05) is 18.2 Å². The van der Waals surface area contributed by atoms with Crippen LogP contribution >= 0.6 is 0 Å². The van der Waals surface area contributed by atoms with Crippen LogP contribution in [-0.2, 0) is 10.3 Å². The van der Waals surface area contributed by atoms with Crippen molar-refractivity contribution in [3.63, 3.8) is 0 Å². The Kier molecular flexibility index (Phi) is 3.17. The van der Waals surface area contributed by atoms with Gasteiger partial charge in [-0.05, 0) is 25.5 Å². The number of rotatable bonds is 2. The van der Waals surface area contributed by atoms with E-state index in [-0.39, 0.29) is 5.54 Å². The van der Waals surface area contributed by atoms with E-state index in [2.05, 4.69) is 23.1 Å². The third-order valence-electron chi connectivity index (χ3n) is 2.95. The highest BCUT2D eigenvalue weighted by atomic mass is 16.5. The molecule has 1 aromatic carbocycles. The predicted molar refractivity (Wildman–Crippen MR) is 66.7 cm³/mol. The second-order valence-corrected chi connectivity index (χ2v) is 4.84. The second kappa shape index (κ2) is 4.44. The third kappa shape index (κ3) is 2.36. The Morgan fingerprint density at radius 1 is 1.19 bits per heavy atom. The van der Waals surface area contributed by atoms with Crippen molar-refractivity contribution in [1.29, 1.82) is 0 Å². The minimum absolute atomic E-state index is 0.297. The molecule has 0 aliphatic carbocycles. The highest BCUT2D eigenvalue weighted by molar-refractivity contribution is 5.56. The molecule has 2 N–H and O–H groups in total. The van der Waals surface area contributed by atoms with Crippen LogP contribution in [0.4, 0.5) is 5.69 Å². The number of morpholine rings is 1. The van der Waals surface area contributed by atoms with E-state index < -0.39 is 0 Å². The van der Waals surface area contributed by atoms with Crippen LogP contribution in [0.25, 0.3) is 0 Å². The number of benzene rings is 1. The molecule has 0 aromatic heterocycles. The van der Waals surface area contributed by atoms with E-state index in [4.69, 9.17) is 10.5 Å². The van der Waals surface area contributed by atoms with Crippen LogP contribution in [-0.4, -0.2) is 26.3 Å². The Labute approximate surface area is 97.2 Å². The first kappa shape index (κ1) is 11.4. The Hall–Kier alpha value is -1.06. The lowest BCUT2D eigenvalue weighted by atomic mass is 9.93. The van der Waals surface area contributed by atoms with Crippen LogP contribution in [0.5, 0.6) is 0 Å². The summed E-state index contributed by atoms with van der Waals surface area (Å²) < 4.78 is 5.37. The molecule has 16 heavy (non-hydrogen) atoms. The molecule has 0 radical (unpaired) electrons. The molecule has 3 heteroatoms. The summed E-state index contributed by atoms with van der Waals surface area (Å²) in [6.07, 6.45) is 0. The first-order valence-electron chi connectivity index (χ1n) is 5.80. The average Bonchev–Trinajstić information content (AvgIpc) is 2.29. The van der Waals surface area contributed by atoms with Crippen molar-refractivity contribution in [3.8, 4) is 0 Å². The van der Waals surface area contributed by atoms with Gasteiger partial charge in [-0.15, -0.1) is 0 Å². The maximum Gasteiger partial charge on any atom is 0.0642 e. The highest BCUT2D eigenvalue weighted by Crippen LogP contribution is 2.28. The van der Waals surface area contributed by atoms with Crippen molar-refractivity contribution in [2.24, 2.45) is 5.73 Å². The molecule has 1 aliphatic rings. The SMILES string of the molecule is CC(C)(N)c1ccccc1N1CCOCC1. The summed E-state index contributed by atoms with van der Waals surface area (Å²) in [7, 11) is 0. The second-order valence-electron chi connectivity index (χ2n) is 4.84. The molecule has 1 saturated heterocycles. The van der Waals surface area contributed by atoms with Gasteiger partial charge in [0, 0.05) is 24.3 Å². The number of anilines is 1. The Bertz CT molecular complexity index is 351.